The van der Waals surface area contributed by atoms with Crippen LogP contribution in [-0.4, -0.2) is 60.1 Å². The predicted octanol–water partition coefficient (Wildman–Crippen LogP) is 1.78. The molecule has 5 heavy (non-hydrogen) atoms. The maximum absolute atomic E-state index is 3.24. The van der Waals surface area contributed by atoms with E-state index < -0.39 is 8.67 Å². The molecule has 0 atom stereocenters. The monoisotopic (exact) mass is 303 g/mol. The summed E-state index contributed by atoms with van der Waals surface area (Å²) in [5.74, 6) is 0. The zero-order valence-corrected chi connectivity index (χ0v) is 11.7. The Kier molecular flexibility index (Phi) is 17.4. The molecule has 0 aromatic heterocycles. The molecule has 0 heterocycles. The summed E-state index contributed by atoms with van der Waals surface area (Å²) in [7, 11) is -0.701. The summed E-state index contributed by atoms with van der Waals surface area (Å²) in [5.41, 5.74) is 0. The molecule has 0 aromatic carbocycles. The Hall–Kier alpha value is 3.61. The molecule has 0 bridgehead atoms. The molecule has 1 radical (unpaired) electrons. The Morgan fingerprint density at radius 2 is 1.00 bits per heavy atom. The molecule has 0 aliphatic carbocycles. The van der Waals surface area contributed by atoms with Gasteiger partial charge in [-0.25, -0.2) is 0 Å². The van der Waals surface area contributed by atoms with Gasteiger partial charge in [0, 0.05) is 51.4 Å². The van der Waals surface area contributed by atoms with Gasteiger partial charge in [0.2, 0.25) is 0 Å². The van der Waals surface area contributed by atoms with Crippen molar-refractivity contribution in [3.05, 3.63) is 0 Å². The van der Waals surface area contributed by atoms with Crippen molar-refractivity contribution in [2.45, 2.75) is 0 Å². The fourth-order valence-corrected chi connectivity index (χ4v) is 0. The minimum Gasteiger partial charge on any atom is -0.181 e. The van der Waals surface area contributed by atoms with Crippen molar-refractivity contribution in [1.82, 2.24) is 0 Å². The van der Waals surface area contributed by atoms with Gasteiger partial charge in [0.05, 0.1) is 0 Å². The standard InChI is InChI=1S/Al.3BrH.K/h;3*1H;/q+3;;;;/p-3. The first-order valence-corrected chi connectivity index (χ1v) is 10.2. The minimum absolute atomic E-state index is 0. The van der Waals surface area contributed by atoms with Crippen LogP contribution in [0.3, 0.4) is 0 Å². The molecule has 0 fully saturated rings. The Morgan fingerprint density at radius 3 is 1.00 bits per heavy atom. The Labute approximate surface area is 99.2 Å². The van der Waals surface area contributed by atoms with Gasteiger partial charge in [-0.15, -0.1) is 0 Å². The van der Waals surface area contributed by atoms with Crippen LogP contribution in [-0.2, 0) is 0 Å². The first-order valence-electron chi connectivity index (χ1n) is 0.655. The fourth-order valence-electron chi connectivity index (χ4n) is 0. The molecule has 0 rings (SSSR count). The van der Waals surface area contributed by atoms with Crippen molar-refractivity contribution in [1.29, 1.82) is 0 Å². The molecule has 0 spiro atoms. The summed E-state index contributed by atoms with van der Waals surface area (Å²) in [6.07, 6.45) is 0. The summed E-state index contributed by atoms with van der Waals surface area (Å²) in [4.78, 5) is 0. The van der Waals surface area contributed by atoms with E-state index in [4.69, 9.17) is 0 Å². The van der Waals surface area contributed by atoms with Crippen LogP contribution >= 0.6 is 42.2 Å². The van der Waals surface area contributed by atoms with E-state index in [0.29, 0.717) is 0 Å². The van der Waals surface area contributed by atoms with Crippen LogP contribution in [0.4, 0.5) is 0 Å². The molecule has 0 amide bonds. The van der Waals surface area contributed by atoms with Crippen molar-refractivity contribution in [2.24, 2.45) is 0 Å². The van der Waals surface area contributed by atoms with Crippen molar-refractivity contribution in [3.63, 3.8) is 0 Å². The average molecular weight is 306 g/mol. The number of hydrogen-bond donors (Lipinski definition) is 0. The molecule has 0 nitrogen and oxygen atoms in total. The van der Waals surface area contributed by atoms with Gasteiger partial charge in [0.1, 0.15) is 0 Å². The van der Waals surface area contributed by atoms with Crippen LogP contribution in [0.2, 0.25) is 0 Å². The largest absolute Gasteiger partial charge is 0.542 e. The molecule has 0 aromatic rings. The van der Waals surface area contributed by atoms with Crippen LogP contribution < -0.4 is 0 Å². The molecule has 0 saturated heterocycles. The van der Waals surface area contributed by atoms with Gasteiger partial charge < -0.3 is 0 Å². The van der Waals surface area contributed by atoms with Gasteiger partial charge in [-0.05, 0) is 0 Å². The van der Waals surface area contributed by atoms with E-state index in [1.54, 1.807) is 0 Å². The van der Waals surface area contributed by atoms with Crippen LogP contribution in [0.25, 0.3) is 0 Å². The zero-order valence-electron chi connectivity index (χ0n) is 2.71. The van der Waals surface area contributed by atoms with E-state index in [9.17, 15) is 0 Å². The third kappa shape index (κ3) is 18.4. The van der Waals surface area contributed by atoms with Crippen molar-refractivity contribution >= 4 is 102 Å². The Bertz CT molecular complexity index is 11.6. The number of rotatable bonds is 0. The van der Waals surface area contributed by atoms with Crippen LogP contribution in [0.15, 0.2) is 0 Å². The maximum atomic E-state index is 3.24. The third-order valence-corrected chi connectivity index (χ3v) is 0. The SMILES string of the molecule is [Br][Al]([Br])[Br].[K]. The van der Waals surface area contributed by atoms with E-state index in [0.717, 1.165) is 0 Å². The molecule has 5 heteroatoms. The molecule has 0 aliphatic heterocycles. The summed E-state index contributed by atoms with van der Waals surface area (Å²) < 4.78 is 0. The average Bonchev–Trinajstić information content (AvgIpc) is 0.811. The molecule has 0 unspecified atom stereocenters. The van der Waals surface area contributed by atoms with E-state index in [-0.39, 0.29) is 51.4 Å². The van der Waals surface area contributed by atoms with Gasteiger partial charge >= 0.3 is 8.67 Å². The second-order valence-electron chi connectivity index (χ2n) is 0.247. The van der Waals surface area contributed by atoms with E-state index >= 15 is 0 Å². The summed E-state index contributed by atoms with van der Waals surface area (Å²) >= 11 is 9.73. The molecule has 0 saturated carbocycles. The van der Waals surface area contributed by atoms with Crippen LogP contribution in [0.1, 0.15) is 0 Å². The normalized spacial score (nSPS) is 5.40. The fraction of sp³-hybridized carbons (Fsp3) is 0. The van der Waals surface area contributed by atoms with Gasteiger partial charge in [0.25, 0.3) is 0 Å². The topological polar surface area (TPSA) is 0 Å². The second kappa shape index (κ2) is 7.61. The zero-order chi connectivity index (χ0) is 3.58. The van der Waals surface area contributed by atoms with Gasteiger partial charge in [-0.3, -0.25) is 0 Å². The number of halogens is 3. The smallest absolute Gasteiger partial charge is 0.181 e. The summed E-state index contributed by atoms with van der Waals surface area (Å²) in [6, 6.07) is 0. The predicted molar refractivity (Wildman–Crippen MR) is 38.3 cm³/mol. The number of hydrogen-bond acceptors (Lipinski definition) is 0. The molecular weight excluding hydrogens is 306 g/mol. The summed E-state index contributed by atoms with van der Waals surface area (Å²) in [5, 5.41) is 0. The van der Waals surface area contributed by atoms with Crippen LogP contribution in [0, 0.1) is 0 Å². The summed E-state index contributed by atoms with van der Waals surface area (Å²) in [6.45, 7) is 0. The van der Waals surface area contributed by atoms with E-state index in [2.05, 4.69) is 42.2 Å². The van der Waals surface area contributed by atoms with Gasteiger partial charge in [-0.2, -0.15) is 42.2 Å². The van der Waals surface area contributed by atoms with Crippen molar-refractivity contribution in [3.8, 4) is 0 Å². The van der Waals surface area contributed by atoms with E-state index in [1.165, 1.54) is 0 Å². The van der Waals surface area contributed by atoms with Gasteiger partial charge in [-0.1, -0.05) is 0 Å². The maximum Gasteiger partial charge on any atom is 0.542 e. The third-order valence-electron chi connectivity index (χ3n) is 0. The Morgan fingerprint density at radius 1 is 1.00 bits per heavy atom. The quantitative estimate of drug-likeness (QED) is 0.599. The van der Waals surface area contributed by atoms with Crippen LogP contribution in [0.5, 0.6) is 0 Å². The molecule has 0 N–H and O–H groups in total. The minimum atomic E-state index is -0.701. The first-order chi connectivity index (χ1) is 1.73. The second-order valence-corrected chi connectivity index (χ2v) is 20.0. The van der Waals surface area contributed by atoms with Crippen molar-refractivity contribution in [2.75, 3.05) is 0 Å². The van der Waals surface area contributed by atoms with Crippen molar-refractivity contribution < 1.29 is 0 Å². The van der Waals surface area contributed by atoms with Gasteiger partial charge in [0.15, 0.2) is 0 Å². The first kappa shape index (κ1) is 11.4. The van der Waals surface area contributed by atoms with E-state index in [1.807, 2.05) is 0 Å². The molecule has 0 aliphatic rings. The Balaban J connectivity index is 0. The molecule has 25 valence electrons. The molecular formula is AlBr3K.